The molecular formula is C22H23NO. The average Bonchev–Trinajstić information content (AvgIpc) is 3.09. The molecule has 0 radical (unpaired) electrons. The lowest BCUT2D eigenvalue weighted by molar-refractivity contribution is -0.131. The zero-order valence-corrected chi connectivity index (χ0v) is 13.8. The highest BCUT2D eigenvalue weighted by atomic mass is 16.2. The van der Waals surface area contributed by atoms with Gasteiger partial charge in [0.25, 0.3) is 0 Å². The molecule has 0 aromatic heterocycles. The predicted molar refractivity (Wildman–Crippen MR) is 97.5 cm³/mol. The lowest BCUT2D eigenvalue weighted by atomic mass is 10.1. The Morgan fingerprint density at radius 2 is 1.54 bits per heavy atom. The van der Waals surface area contributed by atoms with E-state index in [0.29, 0.717) is 17.7 Å². The molecule has 1 saturated heterocycles. The quantitative estimate of drug-likeness (QED) is 0.821. The lowest BCUT2D eigenvalue weighted by Gasteiger charge is -2.15. The number of amides is 1. The second-order valence-corrected chi connectivity index (χ2v) is 6.84. The molecule has 4 rings (SSSR count). The predicted octanol–water partition coefficient (Wildman–Crippen LogP) is 4.35. The minimum Gasteiger partial charge on any atom is -0.342 e. The molecule has 2 fully saturated rings. The maximum Gasteiger partial charge on any atom is 0.226 e. The molecule has 2 aromatic rings. The SMILES string of the molecule is O=C([C@H]1[C@H](/C=C/c2ccccc2)[C@@H]1c1ccccc1)N1CCCC1. The third-order valence-corrected chi connectivity index (χ3v) is 5.27. The second-order valence-electron chi connectivity index (χ2n) is 6.84. The van der Waals surface area contributed by atoms with Crippen LogP contribution in [0.15, 0.2) is 66.7 Å². The van der Waals surface area contributed by atoms with Gasteiger partial charge in [-0.2, -0.15) is 0 Å². The van der Waals surface area contributed by atoms with Gasteiger partial charge in [0, 0.05) is 19.0 Å². The summed E-state index contributed by atoms with van der Waals surface area (Å²) in [6.45, 7) is 1.87. The first kappa shape index (κ1) is 15.2. The minimum atomic E-state index is 0.116. The highest BCUT2D eigenvalue weighted by Gasteiger charge is 2.55. The number of hydrogen-bond donors (Lipinski definition) is 0. The first-order valence-electron chi connectivity index (χ1n) is 8.91. The van der Waals surface area contributed by atoms with Crippen LogP contribution in [0.5, 0.6) is 0 Å². The summed E-state index contributed by atoms with van der Waals surface area (Å²) < 4.78 is 0. The molecule has 0 spiro atoms. The van der Waals surface area contributed by atoms with E-state index in [4.69, 9.17) is 0 Å². The first-order valence-corrected chi connectivity index (χ1v) is 8.91. The summed E-state index contributed by atoms with van der Waals surface area (Å²) in [5.41, 5.74) is 2.49. The van der Waals surface area contributed by atoms with Crippen molar-refractivity contribution < 1.29 is 4.79 Å². The van der Waals surface area contributed by atoms with Crippen LogP contribution in [0.1, 0.15) is 29.9 Å². The maximum atomic E-state index is 12.9. The molecule has 122 valence electrons. The summed E-state index contributed by atoms with van der Waals surface area (Å²) in [5, 5.41) is 0. The van der Waals surface area contributed by atoms with Crippen molar-refractivity contribution in [3.8, 4) is 0 Å². The van der Waals surface area contributed by atoms with Gasteiger partial charge < -0.3 is 4.90 Å². The van der Waals surface area contributed by atoms with Gasteiger partial charge in [-0.05, 0) is 29.9 Å². The molecule has 2 aromatic carbocycles. The average molecular weight is 317 g/mol. The molecule has 1 aliphatic heterocycles. The van der Waals surface area contributed by atoms with Crippen molar-refractivity contribution >= 4 is 12.0 Å². The van der Waals surface area contributed by atoms with Crippen molar-refractivity contribution in [2.75, 3.05) is 13.1 Å². The molecule has 1 heterocycles. The summed E-state index contributed by atoms with van der Waals surface area (Å²) in [6, 6.07) is 20.8. The number of nitrogens with zero attached hydrogens (tertiary/aromatic N) is 1. The number of carbonyl (C=O) groups is 1. The van der Waals surface area contributed by atoms with Crippen molar-refractivity contribution in [3.05, 3.63) is 77.9 Å². The Labute approximate surface area is 143 Å². The summed E-state index contributed by atoms with van der Waals surface area (Å²) in [4.78, 5) is 15.0. The van der Waals surface area contributed by atoms with E-state index in [0.717, 1.165) is 25.9 Å². The van der Waals surface area contributed by atoms with Crippen molar-refractivity contribution in [1.29, 1.82) is 0 Å². The highest BCUT2D eigenvalue weighted by Crippen LogP contribution is 2.56. The van der Waals surface area contributed by atoms with Crippen LogP contribution in [-0.4, -0.2) is 23.9 Å². The van der Waals surface area contributed by atoms with Crippen LogP contribution in [0.4, 0.5) is 0 Å². The number of hydrogen-bond acceptors (Lipinski definition) is 1. The zero-order chi connectivity index (χ0) is 16.4. The molecule has 1 saturated carbocycles. The monoisotopic (exact) mass is 317 g/mol. The molecule has 2 heteroatoms. The highest BCUT2D eigenvalue weighted by molar-refractivity contribution is 5.85. The molecular weight excluding hydrogens is 294 g/mol. The number of rotatable bonds is 4. The summed E-state index contributed by atoms with van der Waals surface area (Å²) in [6.07, 6.45) is 6.71. The van der Waals surface area contributed by atoms with E-state index < -0.39 is 0 Å². The number of benzene rings is 2. The smallest absolute Gasteiger partial charge is 0.226 e. The van der Waals surface area contributed by atoms with Gasteiger partial charge in [-0.25, -0.2) is 0 Å². The van der Waals surface area contributed by atoms with E-state index in [1.807, 2.05) is 24.3 Å². The van der Waals surface area contributed by atoms with E-state index >= 15 is 0 Å². The number of carbonyl (C=O) groups excluding carboxylic acids is 1. The number of allylic oxidation sites excluding steroid dienone is 1. The van der Waals surface area contributed by atoms with Crippen LogP contribution in [0.2, 0.25) is 0 Å². The summed E-state index contributed by atoms with van der Waals surface area (Å²) in [5.74, 6) is 1.12. The molecule has 24 heavy (non-hydrogen) atoms. The maximum absolute atomic E-state index is 12.9. The molecule has 0 N–H and O–H groups in total. The van der Waals surface area contributed by atoms with Crippen LogP contribution >= 0.6 is 0 Å². The summed E-state index contributed by atoms with van der Waals surface area (Å²) in [7, 11) is 0. The van der Waals surface area contributed by atoms with E-state index in [2.05, 4.69) is 53.5 Å². The number of likely N-dealkylation sites (tertiary alicyclic amines) is 1. The van der Waals surface area contributed by atoms with Gasteiger partial charge in [-0.3, -0.25) is 4.79 Å². The largest absolute Gasteiger partial charge is 0.342 e. The van der Waals surface area contributed by atoms with Gasteiger partial charge in [0.15, 0.2) is 0 Å². The fourth-order valence-electron chi connectivity index (χ4n) is 3.93. The fourth-order valence-corrected chi connectivity index (χ4v) is 3.93. The Hall–Kier alpha value is -2.35. The Bertz CT molecular complexity index is 716. The molecule has 2 aliphatic rings. The summed E-state index contributed by atoms with van der Waals surface area (Å²) >= 11 is 0. The van der Waals surface area contributed by atoms with Crippen LogP contribution in [-0.2, 0) is 4.79 Å². The standard InChI is InChI=1S/C22H23NO/c24-22(23-15-7-8-16-23)21-19(14-13-17-9-3-1-4-10-17)20(21)18-11-5-2-6-12-18/h1-6,9-14,19-21H,7-8,15-16H2/b14-13+/t19-,20+,21+/m1/s1. The van der Waals surface area contributed by atoms with Crippen molar-refractivity contribution in [1.82, 2.24) is 4.90 Å². The van der Waals surface area contributed by atoms with E-state index in [1.54, 1.807) is 0 Å². The van der Waals surface area contributed by atoms with Crippen molar-refractivity contribution in [3.63, 3.8) is 0 Å². The molecule has 3 atom stereocenters. The van der Waals surface area contributed by atoms with Crippen molar-refractivity contribution in [2.24, 2.45) is 11.8 Å². The van der Waals surface area contributed by atoms with E-state index in [9.17, 15) is 4.79 Å². The topological polar surface area (TPSA) is 20.3 Å². The molecule has 1 amide bonds. The normalized spacial score (nSPS) is 26.0. The molecule has 0 unspecified atom stereocenters. The van der Waals surface area contributed by atoms with Crippen LogP contribution < -0.4 is 0 Å². The Morgan fingerprint density at radius 1 is 0.917 bits per heavy atom. The second kappa shape index (κ2) is 6.64. The molecule has 2 nitrogen and oxygen atoms in total. The molecule has 0 bridgehead atoms. The third kappa shape index (κ3) is 3.01. The minimum absolute atomic E-state index is 0.116. The van der Waals surface area contributed by atoms with Crippen LogP contribution in [0, 0.1) is 11.8 Å². The fraction of sp³-hybridized carbons (Fsp3) is 0.318. The van der Waals surface area contributed by atoms with Crippen LogP contribution in [0.3, 0.4) is 0 Å². The zero-order valence-electron chi connectivity index (χ0n) is 13.8. The van der Waals surface area contributed by atoms with Gasteiger partial charge in [0.2, 0.25) is 5.91 Å². The Balaban J connectivity index is 1.55. The van der Waals surface area contributed by atoms with Gasteiger partial charge in [-0.1, -0.05) is 72.8 Å². The van der Waals surface area contributed by atoms with Gasteiger partial charge in [0.1, 0.15) is 0 Å². The molecule has 1 aliphatic carbocycles. The van der Waals surface area contributed by atoms with Crippen LogP contribution in [0.25, 0.3) is 6.08 Å². The van der Waals surface area contributed by atoms with Gasteiger partial charge in [0.05, 0.1) is 5.92 Å². The van der Waals surface area contributed by atoms with Gasteiger partial charge >= 0.3 is 0 Å². The lowest BCUT2D eigenvalue weighted by Crippen LogP contribution is -2.29. The Morgan fingerprint density at radius 3 is 2.21 bits per heavy atom. The Kier molecular flexibility index (Phi) is 4.20. The van der Waals surface area contributed by atoms with Crippen molar-refractivity contribution in [2.45, 2.75) is 18.8 Å². The first-order chi connectivity index (χ1) is 11.8. The van der Waals surface area contributed by atoms with Gasteiger partial charge in [-0.15, -0.1) is 0 Å². The third-order valence-electron chi connectivity index (χ3n) is 5.27. The van der Waals surface area contributed by atoms with E-state index in [-0.39, 0.29) is 5.92 Å². The van der Waals surface area contributed by atoms with E-state index in [1.165, 1.54) is 11.1 Å².